The molecule has 6 nitrogen and oxygen atoms in total. The number of benzene rings is 1. The second-order valence-electron chi connectivity index (χ2n) is 3.87. The number of aromatic hydroxyl groups is 1. The van der Waals surface area contributed by atoms with Crippen LogP contribution in [0.15, 0.2) is 41.5 Å². The van der Waals surface area contributed by atoms with Gasteiger partial charge >= 0.3 is 5.69 Å². The molecule has 0 bridgehead atoms. The number of aryl methyl sites for hydroxylation is 1. The van der Waals surface area contributed by atoms with Gasteiger partial charge in [-0.3, -0.25) is 10.1 Å². The number of hydrogen-bond acceptors (Lipinski definition) is 5. The van der Waals surface area contributed by atoms with Crippen molar-refractivity contribution in [3.05, 3.63) is 57.8 Å². The first-order chi connectivity index (χ1) is 9.09. The van der Waals surface area contributed by atoms with Crippen LogP contribution in [0.1, 0.15) is 11.1 Å². The van der Waals surface area contributed by atoms with Crippen LogP contribution in [0.2, 0.25) is 0 Å². The maximum atomic E-state index is 10.7. The molecule has 19 heavy (non-hydrogen) atoms. The van der Waals surface area contributed by atoms with Crippen molar-refractivity contribution in [1.29, 1.82) is 0 Å². The molecule has 0 saturated heterocycles. The number of hydrogen-bond donors (Lipinski definition) is 1. The number of aromatic nitrogens is 1. The maximum Gasteiger partial charge on any atom is 0.311 e. The van der Waals surface area contributed by atoms with Gasteiger partial charge in [-0.1, -0.05) is 12.1 Å². The average molecular weight is 257 g/mol. The summed E-state index contributed by atoms with van der Waals surface area (Å²) in [7, 11) is 0. The molecule has 0 atom stereocenters. The third-order valence-electron chi connectivity index (χ3n) is 2.55. The van der Waals surface area contributed by atoms with Crippen molar-refractivity contribution in [2.45, 2.75) is 6.92 Å². The molecule has 2 rings (SSSR count). The van der Waals surface area contributed by atoms with Gasteiger partial charge in [0.15, 0.2) is 5.82 Å². The zero-order valence-electron chi connectivity index (χ0n) is 10.1. The summed E-state index contributed by atoms with van der Waals surface area (Å²) in [4.78, 5) is 18.2. The normalized spacial score (nSPS) is 10.8. The van der Waals surface area contributed by atoms with Crippen molar-refractivity contribution < 1.29 is 10.0 Å². The van der Waals surface area contributed by atoms with Crippen LogP contribution in [0.3, 0.4) is 0 Å². The number of nitro groups is 1. The number of aliphatic imine (C=N–C) groups is 1. The van der Waals surface area contributed by atoms with Gasteiger partial charge in [-0.15, -0.1) is 0 Å². The molecule has 0 aliphatic carbocycles. The third kappa shape index (κ3) is 2.74. The monoisotopic (exact) mass is 257 g/mol. The zero-order chi connectivity index (χ0) is 13.8. The van der Waals surface area contributed by atoms with E-state index in [9.17, 15) is 15.2 Å². The van der Waals surface area contributed by atoms with E-state index in [1.165, 1.54) is 18.3 Å². The van der Waals surface area contributed by atoms with Crippen LogP contribution in [-0.4, -0.2) is 21.2 Å². The van der Waals surface area contributed by atoms with Crippen molar-refractivity contribution >= 4 is 17.7 Å². The molecule has 0 fully saturated rings. The van der Waals surface area contributed by atoms with Gasteiger partial charge in [-0.05, 0) is 24.6 Å². The van der Waals surface area contributed by atoms with E-state index < -0.39 is 10.7 Å². The first kappa shape index (κ1) is 12.7. The van der Waals surface area contributed by atoms with Gasteiger partial charge in [0.05, 0.1) is 4.92 Å². The Hall–Kier alpha value is -2.76. The van der Waals surface area contributed by atoms with E-state index in [-0.39, 0.29) is 11.3 Å². The summed E-state index contributed by atoms with van der Waals surface area (Å²) in [5, 5.41) is 20.4. The second-order valence-corrected chi connectivity index (χ2v) is 3.87. The molecule has 0 radical (unpaired) electrons. The van der Waals surface area contributed by atoms with Crippen LogP contribution in [0, 0.1) is 17.0 Å². The summed E-state index contributed by atoms with van der Waals surface area (Å²) < 4.78 is 0. The minimum absolute atomic E-state index is 0.277. The van der Waals surface area contributed by atoms with Crippen LogP contribution < -0.4 is 0 Å². The largest absolute Gasteiger partial charge is 0.502 e. The van der Waals surface area contributed by atoms with Gasteiger partial charge in [0.2, 0.25) is 5.75 Å². The molecule has 2 aromatic rings. The summed E-state index contributed by atoms with van der Waals surface area (Å²) in [6, 6.07) is 7.92. The lowest BCUT2D eigenvalue weighted by atomic mass is 10.2. The van der Waals surface area contributed by atoms with Crippen LogP contribution in [0.4, 0.5) is 11.5 Å². The Labute approximate surface area is 109 Å². The van der Waals surface area contributed by atoms with Crippen LogP contribution >= 0.6 is 0 Å². The number of phenols is 1. The number of nitrogens with zero attached hydrogens (tertiary/aromatic N) is 3. The van der Waals surface area contributed by atoms with Crippen molar-refractivity contribution in [3.63, 3.8) is 0 Å². The second kappa shape index (κ2) is 5.26. The Kier molecular flexibility index (Phi) is 3.51. The van der Waals surface area contributed by atoms with E-state index >= 15 is 0 Å². The SMILES string of the molecule is Cc1cccnc1/N=C/c1cccc([N+](=O)[O-])c1O. The number of para-hydroxylation sites is 1. The van der Waals surface area contributed by atoms with Crippen molar-refractivity contribution in [1.82, 2.24) is 4.98 Å². The van der Waals surface area contributed by atoms with Crippen LogP contribution in [-0.2, 0) is 0 Å². The zero-order valence-corrected chi connectivity index (χ0v) is 10.1. The van der Waals surface area contributed by atoms with Crippen molar-refractivity contribution in [2.75, 3.05) is 0 Å². The molecule has 0 unspecified atom stereocenters. The Morgan fingerprint density at radius 1 is 1.37 bits per heavy atom. The molecule has 0 amide bonds. The lowest BCUT2D eigenvalue weighted by Gasteiger charge is -2.00. The van der Waals surface area contributed by atoms with Crippen molar-refractivity contribution in [2.24, 2.45) is 4.99 Å². The topological polar surface area (TPSA) is 88.6 Å². The molecule has 1 heterocycles. The summed E-state index contributed by atoms with van der Waals surface area (Å²) in [5.74, 6) is 0.109. The first-order valence-electron chi connectivity index (χ1n) is 5.51. The van der Waals surface area contributed by atoms with E-state index in [0.29, 0.717) is 5.82 Å². The molecular formula is C13H11N3O3. The molecule has 1 aromatic carbocycles. The van der Waals surface area contributed by atoms with Crippen LogP contribution in [0.5, 0.6) is 5.75 Å². The predicted molar refractivity (Wildman–Crippen MR) is 71.0 cm³/mol. The highest BCUT2D eigenvalue weighted by Gasteiger charge is 2.14. The molecule has 0 spiro atoms. The van der Waals surface area contributed by atoms with Gasteiger partial charge in [-0.2, -0.15) is 0 Å². The quantitative estimate of drug-likeness (QED) is 0.520. The summed E-state index contributed by atoms with van der Waals surface area (Å²) in [6.07, 6.45) is 2.96. The van der Waals surface area contributed by atoms with E-state index in [2.05, 4.69) is 9.98 Å². The Morgan fingerprint density at radius 2 is 2.16 bits per heavy atom. The molecule has 0 saturated carbocycles. The van der Waals surface area contributed by atoms with Gasteiger partial charge in [0, 0.05) is 24.0 Å². The lowest BCUT2D eigenvalue weighted by molar-refractivity contribution is -0.385. The van der Waals surface area contributed by atoms with Gasteiger partial charge in [-0.25, -0.2) is 9.98 Å². The van der Waals surface area contributed by atoms with Gasteiger partial charge in [0.1, 0.15) is 0 Å². The van der Waals surface area contributed by atoms with E-state index in [1.807, 2.05) is 13.0 Å². The summed E-state index contributed by atoms with van der Waals surface area (Å²) in [5.41, 5.74) is 0.810. The van der Waals surface area contributed by atoms with Gasteiger partial charge in [0.25, 0.3) is 0 Å². The number of rotatable bonds is 3. The third-order valence-corrected chi connectivity index (χ3v) is 2.55. The van der Waals surface area contributed by atoms with Gasteiger partial charge < -0.3 is 5.11 Å². The number of pyridine rings is 1. The van der Waals surface area contributed by atoms with E-state index in [1.54, 1.807) is 18.3 Å². The number of phenolic OH excluding ortho intramolecular Hbond substituents is 1. The minimum atomic E-state index is -0.640. The van der Waals surface area contributed by atoms with E-state index in [0.717, 1.165) is 5.56 Å². The molecule has 1 aromatic heterocycles. The highest BCUT2D eigenvalue weighted by atomic mass is 16.6. The minimum Gasteiger partial charge on any atom is -0.502 e. The smallest absolute Gasteiger partial charge is 0.311 e. The van der Waals surface area contributed by atoms with Crippen LogP contribution in [0.25, 0.3) is 0 Å². The predicted octanol–water partition coefficient (Wildman–Crippen LogP) is 2.75. The molecule has 0 aliphatic rings. The molecular weight excluding hydrogens is 246 g/mol. The fraction of sp³-hybridized carbons (Fsp3) is 0.0769. The fourth-order valence-corrected chi connectivity index (χ4v) is 1.54. The lowest BCUT2D eigenvalue weighted by Crippen LogP contribution is -1.91. The summed E-state index contributed by atoms with van der Waals surface area (Å²) >= 11 is 0. The number of nitro benzene ring substituents is 1. The Balaban J connectivity index is 2.37. The highest BCUT2D eigenvalue weighted by molar-refractivity contribution is 5.87. The van der Waals surface area contributed by atoms with Crippen molar-refractivity contribution in [3.8, 4) is 5.75 Å². The molecule has 0 aliphatic heterocycles. The standard InChI is InChI=1S/C13H11N3O3/c1-9-4-3-7-14-13(9)15-8-10-5-2-6-11(12(10)17)16(18)19/h2-8,17H,1H3/b15-8+. The Morgan fingerprint density at radius 3 is 2.84 bits per heavy atom. The average Bonchev–Trinajstić information content (AvgIpc) is 2.39. The molecule has 1 N–H and O–H groups in total. The van der Waals surface area contributed by atoms with E-state index in [4.69, 9.17) is 0 Å². The summed E-state index contributed by atoms with van der Waals surface area (Å²) in [6.45, 7) is 1.85. The molecule has 96 valence electrons. The Bertz CT molecular complexity index is 653. The fourth-order valence-electron chi connectivity index (χ4n) is 1.54. The highest BCUT2D eigenvalue weighted by Crippen LogP contribution is 2.28. The first-order valence-corrected chi connectivity index (χ1v) is 5.51. The molecule has 6 heteroatoms. The maximum absolute atomic E-state index is 10.7.